The van der Waals surface area contributed by atoms with Crippen LogP contribution in [0.1, 0.15) is 21.9 Å². The summed E-state index contributed by atoms with van der Waals surface area (Å²) in [5.41, 5.74) is 1.17. The van der Waals surface area contributed by atoms with Gasteiger partial charge in [-0.15, -0.1) is 0 Å². The third kappa shape index (κ3) is 2.97. The van der Waals surface area contributed by atoms with Gasteiger partial charge in [-0.3, -0.25) is 9.78 Å². The lowest BCUT2D eigenvalue weighted by Gasteiger charge is -2.15. The highest BCUT2D eigenvalue weighted by Gasteiger charge is 2.14. The van der Waals surface area contributed by atoms with Gasteiger partial charge in [-0.1, -0.05) is 0 Å². The number of aryl methyl sites for hydroxylation is 1. The molecule has 0 unspecified atom stereocenters. The molecule has 0 aromatic carbocycles. The van der Waals surface area contributed by atoms with Gasteiger partial charge >= 0.3 is 0 Å². The van der Waals surface area contributed by atoms with Crippen LogP contribution in [0.5, 0.6) is 0 Å². The second-order valence-corrected chi connectivity index (χ2v) is 4.24. The van der Waals surface area contributed by atoms with Gasteiger partial charge in [-0.2, -0.15) is 0 Å². The minimum absolute atomic E-state index is 0.0860. The summed E-state index contributed by atoms with van der Waals surface area (Å²) in [5.74, 6) is 1.06. The van der Waals surface area contributed by atoms with E-state index in [2.05, 4.69) is 4.98 Å². The van der Waals surface area contributed by atoms with E-state index in [1.807, 2.05) is 19.1 Å². The molecule has 0 bridgehead atoms. The Morgan fingerprint density at radius 3 is 2.61 bits per heavy atom. The van der Waals surface area contributed by atoms with Gasteiger partial charge in [-0.25, -0.2) is 0 Å². The number of aromatic nitrogens is 1. The molecular weight excluding hydrogens is 228 g/mol. The summed E-state index contributed by atoms with van der Waals surface area (Å²) >= 11 is 0. The maximum Gasteiger partial charge on any atom is 0.289 e. The van der Waals surface area contributed by atoms with Crippen LogP contribution in [-0.4, -0.2) is 29.4 Å². The van der Waals surface area contributed by atoms with E-state index in [9.17, 15) is 4.79 Å². The van der Waals surface area contributed by atoms with Crippen molar-refractivity contribution in [2.45, 2.75) is 13.3 Å². The van der Waals surface area contributed by atoms with Crippen molar-refractivity contribution in [3.63, 3.8) is 0 Å². The summed E-state index contributed by atoms with van der Waals surface area (Å²) in [4.78, 5) is 17.6. The fraction of sp³-hybridized carbons (Fsp3) is 0.286. The molecule has 0 saturated carbocycles. The first-order valence-corrected chi connectivity index (χ1v) is 5.87. The van der Waals surface area contributed by atoms with E-state index in [0.717, 1.165) is 12.2 Å². The van der Waals surface area contributed by atoms with Crippen LogP contribution in [0, 0.1) is 6.92 Å². The topological polar surface area (TPSA) is 46.3 Å². The molecule has 0 aliphatic heterocycles. The average Bonchev–Trinajstić information content (AvgIpc) is 2.83. The summed E-state index contributed by atoms with van der Waals surface area (Å²) in [6, 6.07) is 7.41. The van der Waals surface area contributed by atoms with Crippen molar-refractivity contribution in [3.8, 4) is 0 Å². The largest absolute Gasteiger partial charge is 0.456 e. The number of amides is 1. The maximum absolute atomic E-state index is 12.0. The van der Waals surface area contributed by atoms with Crippen LogP contribution in [0.15, 0.2) is 41.1 Å². The number of carbonyl (C=O) groups excluding carboxylic acids is 1. The number of carbonyl (C=O) groups is 1. The highest BCUT2D eigenvalue weighted by Crippen LogP contribution is 2.09. The Labute approximate surface area is 106 Å². The van der Waals surface area contributed by atoms with Crippen molar-refractivity contribution >= 4 is 5.91 Å². The Bertz CT molecular complexity index is 520. The zero-order valence-corrected chi connectivity index (χ0v) is 10.6. The van der Waals surface area contributed by atoms with Crippen LogP contribution in [0.2, 0.25) is 0 Å². The van der Waals surface area contributed by atoms with Crippen molar-refractivity contribution in [3.05, 3.63) is 53.7 Å². The summed E-state index contributed by atoms with van der Waals surface area (Å²) in [6.45, 7) is 2.48. The second kappa shape index (κ2) is 5.49. The summed E-state index contributed by atoms with van der Waals surface area (Å²) in [7, 11) is 1.78. The van der Waals surface area contributed by atoms with Gasteiger partial charge in [0.25, 0.3) is 5.91 Å². The van der Waals surface area contributed by atoms with Gasteiger partial charge in [0, 0.05) is 26.0 Å². The summed E-state index contributed by atoms with van der Waals surface area (Å²) in [6.07, 6.45) is 4.32. The average molecular weight is 244 g/mol. The molecule has 2 aromatic heterocycles. The molecule has 0 aliphatic rings. The summed E-state index contributed by atoms with van der Waals surface area (Å²) < 4.78 is 5.32. The van der Waals surface area contributed by atoms with Gasteiger partial charge in [0.15, 0.2) is 5.76 Å². The van der Waals surface area contributed by atoms with Gasteiger partial charge in [-0.05, 0) is 43.2 Å². The Morgan fingerprint density at radius 1 is 1.28 bits per heavy atom. The number of pyridine rings is 1. The SMILES string of the molecule is Cc1ccc(C(=O)N(C)CCc2ccncc2)o1. The molecule has 1 amide bonds. The first-order chi connectivity index (χ1) is 8.66. The van der Waals surface area contributed by atoms with Crippen molar-refractivity contribution in [1.29, 1.82) is 0 Å². The lowest BCUT2D eigenvalue weighted by atomic mass is 10.2. The fourth-order valence-corrected chi connectivity index (χ4v) is 1.69. The van der Waals surface area contributed by atoms with E-state index in [4.69, 9.17) is 4.42 Å². The summed E-state index contributed by atoms with van der Waals surface area (Å²) in [5, 5.41) is 0. The molecule has 2 aromatic rings. The molecule has 0 aliphatic carbocycles. The van der Waals surface area contributed by atoms with Crippen LogP contribution in [0.4, 0.5) is 0 Å². The van der Waals surface area contributed by atoms with Gasteiger partial charge < -0.3 is 9.32 Å². The standard InChI is InChI=1S/C14H16N2O2/c1-11-3-4-13(18-11)14(17)16(2)10-7-12-5-8-15-9-6-12/h3-6,8-9H,7,10H2,1-2H3. The maximum atomic E-state index is 12.0. The van der Waals surface area contributed by atoms with E-state index < -0.39 is 0 Å². The number of likely N-dealkylation sites (N-methyl/N-ethyl adjacent to an activating group) is 1. The molecule has 0 saturated heterocycles. The molecule has 18 heavy (non-hydrogen) atoms. The van der Waals surface area contributed by atoms with Crippen molar-refractivity contribution in [1.82, 2.24) is 9.88 Å². The molecule has 2 rings (SSSR count). The number of nitrogens with zero attached hydrogens (tertiary/aromatic N) is 2. The Kier molecular flexibility index (Phi) is 3.77. The number of rotatable bonds is 4. The lowest BCUT2D eigenvalue weighted by Crippen LogP contribution is -2.28. The minimum Gasteiger partial charge on any atom is -0.456 e. The molecule has 0 spiro atoms. The number of hydrogen-bond donors (Lipinski definition) is 0. The third-order valence-corrected chi connectivity index (χ3v) is 2.78. The zero-order chi connectivity index (χ0) is 13.0. The Hall–Kier alpha value is -2.10. The first-order valence-electron chi connectivity index (χ1n) is 5.87. The molecule has 0 radical (unpaired) electrons. The molecule has 4 nitrogen and oxygen atoms in total. The van der Waals surface area contributed by atoms with E-state index >= 15 is 0 Å². The monoisotopic (exact) mass is 244 g/mol. The minimum atomic E-state index is -0.0860. The van der Waals surface area contributed by atoms with Crippen LogP contribution < -0.4 is 0 Å². The molecule has 4 heteroatoms. The van der Waals surface area contributed by atoms with Crippen molar-refractivity contribution in [2.24, 2.45) is 0 Å². The molecule has 0 N–H and O–H groups in total. The smallest absolute Gasteiger partial charge is 0.289 e. The predicted octanol–water partition coefficient (Wildman–Crippen LogP) is 2.30. The lowest BCUT2D eigenvalue weighted by molar-refractivity contribution is 0.0764. The van der Waals surface area contributed by atoms with Crippen LogP contribution >= 0.6 is 0 Å². The highest BCUT2D eigenvalue weighted by atomic mass is 16.3. The van der Waals surface area contributed by atoms with E-state index in [1.165, 1.54) is 5.56 Å². The van der Waals surface area contributed by atoms with Crippen LogP contribution in [-0.2, 0) is 6.42 Å². The number of furan rings is 1. The third-order valence-electron chi connectivity index (χ3n) is 2.78. The van der Waals surface area contributed by atoms with Crippen LogP contribution in [0.25, 0.3) is 0 Å². The Balaban J connectivity index is 1.92. The quantitative estimate of drug-likeness (QED) is 0.829. The molecule has 0 fully saturated rings. The van der Waals surface area contributed by atoms with Crippen molar-refractivity contribution in [2.75, 3.05) is 13.6 Å². The first kappa shape index (κ1) is 12.4. The molecule has 2 heterocycles. The molecule has 0 atom stereocenters. The van der Waals surface area contributed by atoms with Gasteiger partial charge in [0.2, 0.25) is 0 Å². The second-order valence-electron chi connectivity index (χ2n) is 4.24. The predicted molar refractivity (Wildman–Crippen MR) is 68.3 cm³/mol. The van der Waals surface area contributed by atoms with Crippen molar-refractivity contribution < 1.29 is 9.21 Å². The van der Waals surface area contributed by atoms with E-state index in [0.29, 0.717) is 12.3 Å². The Morgan fingerprint density at radius 2 is 2.00 bits per heavy atom. The van der Waals surface area contributed by atoms with E-state index in [1.54, 1.807) is 36.5 Å². The highest BCUT2D eigenvalue weighted by molar-refractivity contribution is 5.91. The van der Waals surface area contributed by atoms with Gasteiger partial charge in [0.1, 0.15) is 5.76 Å². The normalized spacial score (nSPS) is 10.3. The zero-order valence-electron chi connectivity index (χ0n) is 10.6. The van der Waals surface area contributed by atoms with Crippen LogP contribution in [0.3, 0.4) is 0 Å². The number of hydrogen-bond acceptors (Lipinski definition) is 3. The molecular formula is C14H16N2O2. The van der Waals surface area contributed by atoms with Gasteiger partial charge in [0.05, 0.1) is 0 Å². The molecule has 94 valence electrons. The van der Waals surface area contributed by atoms with E-state index in [-0.39, 0.29) is 5.91 Å². The fourth-order valence-electron chi connectivity index (χ4n) is 1.69.